The molecule has 1 saturated carbocycles. The van der Waals surface area contributed by atoms with E-state index in [4.69, 9.17) is 0 Å². The number of aromatic nitrogens is 2. The molecule has 4 heterocycles. The second-order valence-electron chi connectivity index (χ2n) is 7.27. The summed E-state index contributed by atoms with van der Waals surface area (Å²) in [6, 6.07) is 0.641. The molecule has 5 heteroatoms. The highest BCUT2D eigenvalue weighted by atomic mass is 16.2. The molecular formula is C16H22N4O. The number of rotatable bonds is 1. The molecule has 1 amide bonds. The number of nitrogens with one attached hydrogen (secondary N) is 2. The van der Waals surface area contributed by atoms with Crippen molar-refractivity contribution >= 4 is 5.91 Å². The first-order valence-electron chi connectivity index (χ1n) is 8.40. The number of amides is 1. The largest absolute Gasteiger partial charge is 0.337 e. The number of hydrogen-bond donors (Lipinski definition) is 2. The monoisotopic (exact) mass is 286 g/mol. The number of aromatic amines is 1. The molecule has 3 aliphatic heterocycles. The topological polar surface area (TPSA) is 61.0 Å². The van der Waals surface area contributed by atoms with Gasteiger partial charge in [-0.2, -0.15) is 5.10 Å². The SMILES string of the molecule is O=C(c1n[nH]c2c1CCC2)N1CC2C3CCC(NC3)C2C1. The summed E-state index contributed by atoms with van der Waals surface area (Å²) in [5.41, 5.74) is 3.09. The third-order valence-electron chi connectivity index (χ3n) is 6.32. The zero-order valence-electron chi connectivity index (χ0n) is 12.3. The van der Waals surface area contributed by atoms with Crippen molar-refractivity contribution < 1.29 is 4.79 Å². The maximum atomic E-state index is 12.9. The van der Waals surface area contributed by atoms with E-state index >= 15 is 0 Å². The van der Waals surface area contributed by atoms with Crippen LogP contribution in [-0.4, -0.2) is 46.7 Å². The van der Waals surface area contributed by atoms with Crippen LogP contribution < -0.4 is 5.32 Å². The van der Waals surface area contributed by atoms with Crippen molar-refractivity contribution in [3.05, 3.63) is 17.0 Å². The zero-order valence-corrected chi connectivity index (χ0v) is 12.3. The quantitative estimate of drug-likeness (QED) is 0.808. The van der Waals surface area contributed by atoms with Crippen LogP contribution in [0.2, 0.25) is 0 Å². The second-order valence-corrected chi connectivity index (χ2v) is 7.27. The Bertz CT molecular complexity index is 567. The molecule has 6 rings (SSSR count). The number of aryl methyl sites for hydroxylation is 1. The van der Waals surface area contributed by atoms with Gasteiger partial charge in [0.15, 0.2) is 5.69 Å². The predicted molar refractivity (Wildman–Crippen MR) is 78.0 cm³/mol. The van der Waals surface area contributed by atoms with Crippen molar-refractivity contribution in [2.45, 2.75) is 38.1 Å². The first kappa shape index (κ1) is 12.2. The Kier molecular flexibility index (Phi) is 2.51. The van der Waals surface area contributed by atoms with E-state index in [1.54, 1.807) is 0 Å². The standard InChI is InChI=1S/C16H22N4O/c21-16(15-10-2-1-3-14(10)18-19-15)20-7-11-9-4-5-13(17-6-9)12(11)8-20/h9,11-13,17H,1-8H2,(H,18,19). The number of carbonyl (C=O) groups is 1. The molecule has 1 aromatic rings. The third-order valence-corrected chi connectivity index (χ3v) is 6.32. The smallest absolute Gasteiger partial charge is 0.274 e. The third kappa shape index (κ3) is 1.67. The molecule has 21 heavy (non-hydrogen) atoms. The number of H-pyrrole nitrogens is 1. The summed E-state index contributed by atoms with van der Waals surface area (Å²) >= 11 is 0. The van der Waals surface area contributed by atoms with Crippen LogP contribution in [0.4, 0.5) is 0 Å². The summed E-state index contributed by atoms with van der Waals surface area (Å²) in [6.07, 6.45) is 5.86. The van der Waals surface area contributed by atoms with Gasteiger partial charge in [-0.15, -0.1) is 0 Å². The molecule has 112 valence electrons. The molecule has 5 aliphatic rings. The second kappa shape index (κ2) is 4.32. The van der Waals surface area contributed by atoms with Gasteiger partial charge >= 0.3 is 0 Å². The maximum absolute atomic E-state index is 12.9. The van der Waals surface area contributed by atoms with E-state index in [0.29, 0.717) is 17.7 Å². The first-order chi connectivity index (χ1) is 10.3. The van der Waals surface area contributed by atoms with Gasteiger partial charge in [-0.05, 0) is 56.4 Å². The van der Waals surface area contributed by atoms with E-state index in [2.05, 4.69) is 20.4 Å². The van der Waals surface area contributed by atoms with Crippen molar-refractivity contribution in [3.8, 4) is 0 Å². The Morgan fingerprint density at radius 1 is 1.19 bits per heavy atom. The highest BCUT2D eigenvalue weighted by molar-refractivity contribution is 5.94. The average Bonchev–Trinajstić information content (AvgIpc) is 3.22. The highest BCUT2D eigenvalue weighted by Gasteiger charge is 2.49. The van der Waals surface area contributed by atoms with E-state index in [-0.39, 0.29) is 5.91 Å². The Morgan fingerprint density at radius 3 is 2.90 bits per heavy atom. The molecular weight excluding hydrogens is 264 g/mol. The summed E-state index contributed by atoms with van der Waals surface area (Å²) < 4.78 is 0. The summed E-state index contributed by atoms with van der Waals surface area (Å²) in [5, 5.41) is 11.1. The molecule has 0 spiro atoms. The van der Waals surface area contributed by atoms with Crippen molar-refractivity contribution in [2.75, 3.05) is 19.6 Å². The van der Waals surface area contributed by atoms with Gasteiger partial charge in [0.25, 0.3) is 5.91 Å². The minimum atomic E-state index is 0.170. The minimum Gasteiger partial charge on any atom is -0.337 e. The van der Waals surface area contributed by atoms with E-state index in [0.717, 1.165) is 50.7 Å². The predicted octanol–water partition coefficient (Wildman–Crippen LogP) is 0.968. The van der Waals surface area contributed by atoms with Crippen LogP contribution in [0.25, 0.3) is 0 Å². The number of carbonyl (C=O) groups excluding carboxylic acids is 1. The Morgan fingerprint density at radius 2 is 2.10 bits per heavy atom. The van der Waals surface area contributed by atoms with E-state index in [1.807, 2.05) is 0 Å². The van der Waals surface area contributed by atoms with Gasteiger partial charge in [0, 0.05) is 30.4 Å². The Labute approximate surface area is 124 Å². The normalized spacial score (nSPS) is 36.9. The van der Waals surface area contributed by atoms with Crippen molar-refractivity contribution in [3.63, 3.8) is 0 Å². The van der Waals surface area contributed by atoms with Crippen molar-refractivity contribution in [2.24, 2.45) is 17.8 Å². The van der Waals surface area contributed by atoms with E-state index in [1.165, 1.54) is 24.1 Å². The molecule has 2 bridgehead atoms. The fourth-order valence-corrected chi connectivity index (χ4v) is 5.22. The minimum absolute atomic E-state index is 0.170. The van der Waals surface area contributed by atoms with Gasteiger partial charge in [-0.1, -0.05) is 0 Å². The summed E-state index contributed by atoms with van der Waals surface area (Å²) in [7, 11) is 0. The van der Waals surface area contributed by atoms with Crippen molar-refractivity contribution in [1.82, 2.24) is 20.4 Å². The lowest BCUT2D eigenvalue weighted by atomic mass is 9.68. The van der Waals surface area contributed by atoms with Crippen LogP contribution >= 0.6 is 0 Å². The molecule has 3 saturated heterocycles. The van der Waals surface area contributed by atoms with Crippen LogP contribution in [-0.2, 0) is 12.8 Å². The molecule has 4 unspecified atom stereocenters. The Hall–Kier alpha value is -1.36. The van der Waals surface area contributed by atoms with E-state index < -0.39 is 0 Å². The lowest BCUT2D eigenvalue weighted by Crippen LogP contribution is -2.54. The number of fused-ring (bicyclic) bond motifs is 3. The van der Waals surface area contributed by atoms with Gasteiger partial charge in [0.2, 0.25) is 0 Å². The first-order valence-corrected chi connectivity index (χ1v) is 8.40. The summed E-state index contributed by atoms with van der Waals surface area (Å²) in [6.45, 7) is 3.04. The molecule has 4 atom stereocenters. The van der Waals surface area contributed by atoms with Crippen LogP contribution in [0.1, 0.15) is 41.0 Å². The fraction of sp³-hybridized carbons (Fsp3) is 0.750. The van der Waals surface area contributed by atoms with Gasteiger partial charge < -0.3 is 10.2 Å². The molecule has 5 nitrogen and oxygen atoms in total. The molecule has 2 N–H and O–H groups in total. The van der Waals surface area contributed by atoms with Gasteiger partial charge in [-0.25, -0.2) is 0 Å². The van der Waals surface area contributed by atoms with E-state index in [9.17, 15) is 4.79 Å². The molecule has 0 radical (unpaired) electrons. The lowest BCUT2D eigenvalue weighted by molar-refractivity contribution is 0.0775. The van der Waals surface area contributed by atoms with Gasteiger partial charge in [0.05, 0.1) is 0 Å². The number of hydrogen-bond acceptors (Lipinski definition) is 3. The Balaban J connectivity index is 1.40. The highest BCUT2D eigenvalue weighted by Crippen LogP contribution is 2.43. The molecule has 4 fully saturated rings. The van der Waals surface area contributed by atoms with Crippen LogP contribution in [0.3, 0.4) is 0 Å². The number of nitrogens with zero attached hydrogens (tertiary/aromatic N) is 2. The lowest BCUT2D eigenvalue weighted by Gasteiger charge is -2.45. The molecule has 2 aliphatic carbocycles. The maximum Gasteiger partial charge on any atom is 0.274 e. The summed E-state index contributed by atoms with van der Waals surface area (Å²) in [4.78, 5) is 15.0. The van der Waals surface area contributed by atoms with Crippen molar-refractivity contribution in [1.29, 1.82) is 0 Å². The number of likely N-dealkylation sites (tertiary alicyclic amines) is 1. The van der Waals surface area contributed by atoms with Crippen LogP contribution in [0, 0.1) is 17.8 Å². The fourth-order valence-electron chi connectivity index (χ4n) is 5.22. The number of piperidine rings is 2. The van der Waals surface area contributed by atoms with Crippen LogP contribution in [0.15, 0.2) is 0 Å². The molecule has 1 aromatic heterocycles. The van der Waals surface area contributed by atoms with Gasteiger partial charge in [-0.3, -0.25) is 9.89 Å². The zero-order chi connectivity index (χ0) is 14.0. The van der Waals surface area contributed by atoms with Crippen LogP contribution in [0.5, 0.6) is 0 Å². The average molecular weight is 286 g/mol. The molecule has 0 aromatic carbocycles. The van der Waals surface area contributed by atoms with Gasteiger partial charge in [0.1, 0.15) is 0 Å². The summed E-state index contributed by atoms with van der Waals surface area (Å²) in [5.74, 6) is 2.35.